The second-order valence-electron chi connectivity index (χ2n) is 4.12. The molecule has 1 atom stereocenters. The molecule has 1 aliphatic rings. The third-order valence-corrected chi connectivity index (χ3v) is 4.73. The maximum absolute atomic E-state index is 12.0. The molecule has 0 spiro atoms. The second-order valence-corrected chi connectivity index (χ2v) is 6.11. The lowest BCUT2D eigenvalue weighted by molar-refractivity contribution is -0.137. The largest absolute Gasteiger partial charge is 0.324 e. The Kier molecular flexibility index (Phi) is 3.37. The van der Waals surface area contributed by atoms with Gasteiger partial charge >= 0.3 is 0 Å². The van der Waals surface area contributed by atoms with Crippen LogP contribution in [0.2, 0.25) is 5.15 Å². The number of carbonyl (C=O) groups is 2. The van der Waals surface area contributed by atoms with Gasteiger partial charge in [-0.1, -0.05) is 11.6 Å². The zero-order chi connectivity index (χ0) is 14.4. The van der Waals surface area contributed by atoms with Crippen LogP contribution in [0.5, 0.6) is 0 Å². The average Bonchev–Trinajstić information content (AvgIpc) is 2.77. The Balaban J connectivity index is 2.26. The molecule has 0 aromatic carbocycles. The van der Waals surface area contributed by atoms with E-state index >= 15 is 0 Å². The molecule has 2 heterocycles. The summed E-state index contributed by atoms with van der Waals surface area (Å²) in [6.07, 6.45) is 1.03. The third kappa shape index (κ3) is 2.36. The lowest BCUT2D eigenvalue weighted by Gasteiger charge is -2.10. The van der Waals surface area contributed by atoms with Crippen LogP contribution in [-0.4, -0.2) is 47.8 Å². The number of nitrogens with zero attached hydrogens (tertiary/aromatic N) is 3. The fourth-order valence-corrected chi connectivity index (χ4v) is 3.28. The number of hydrogen-bond acceptors (Lipinski definition) is 5. The SMILES string of the molecule is CN1C(=O)CC(NS(=O)(=O)c2ncn(C)c2Cl)C1=O. The minimum atomic E-state index is -4.05. The highest BCUT2D eigenvalue weighted by molar-refractivity contribution is 7.89. The normalized spacial score (nSPS) is 20.4. The van der Waals surface area contributed by atoms with Crippen molar-refractivity contribution in [3.8, 4) is 0 Å². The van der Waals surface area contributed by atoms with Crippen LogP contribution in [0.1, 0.15) is 6.42 Å². The highest BCUT2D eigenvalue weighted by Crippen LogP contribution is 2.20. The first-order chi connectivity index (χ1) is 8.74. The molecule has 0 aliphatic carbocycles. The molecule has 0 saturated carbocycles. The molecule has 1 fully saturated rings. The Morgan fingerprint density at radius 2 is 2.05 bits per heavy atom. The number of nitrogens with one attached hydrogen (secondary N) is 1. The molecule has 8 nitrogen and oxygen atoms in total. The van der Waals surface area contributed by atoms with Crippen LogP contribution in [0.4, 0.5) is 0 Å². The molecule has 104 valence electrons. The van der Waals surface area contributed by atoms with Crippen LogP contribution >= 0.6 is 11.6 Å². The van der Waals surface area contributed by atoms with E-state index in [-0.39, 0.29) is 16.6 Å². The summed E-state index contributed by atoms with van der Waals surface area (Å²) in [5.74, 6) is -1.04. The molecule has 0 radical (unpaired) electrons. The van der Waals surface area contributed by atoms with E-state index in [0.717, 1.165) is 4.90 Å². The van der Waals surface area contributed by atoms with E-state index < -0.39 is 27.9 Å². The molecule has 19 heavy (non-hydrogen) atoms. The highest BCUT2D eigenvalue weighted by Gasteiger charge is 2.39. The standard InChI is InChI=1S/C9H11ClN4O4S/c1-13-4-11-8(7(13)10)19(17,18)12-5-3-6(15)14(2)9(5)16/h4-5,12H,3H2,1-2H3. The first-order valence-electron chi connectivity index (χ1n) is 5.23. The smallest absolute Gasteiger partial charge is 0.261 e. The number of aromatic nitrogens is 2. The molecule has 1 aromatic heterocycles. The van der Waals surface area contributed by atoms with E-state index in [0.29, 0.717) is 0 Å². The van der Waals surface area contributed by atoms with Gasteiger partial charge in [0.25, 0.3) is 10.0 Å². The maximum Gasteiger partial charge on any atom is 0.261 e. The number of likely N-dealkylation sites (tertiary alicyclic amines) is 1. The first-order valence-corrected chi connectivity index (χ1v) is 7.09. The predicted molar refractivity (Wildman–Crippen MR) is 64.7 cm³/mol. The molecule has 1 saturated heterocycles. The fourth-order valence-electron chi connectivity index (χ4n) is 1.66. The number of imidazole rings is 1. The quantitative estimate of drug-likeness (QED) is 0.730. The highest BCUT2D eigenvalue weighted by atomic mass is 35.5. The summed E-state index contributed by atoms with van der Waals surface area (Å²) in [5.41, 5.74) is 0. The number of amides is 2. The first kappa shape index (κ1) is 14.0. The van der Waals surface area contributed by atoms with Crippen LogP contribution in [0.25, 0.3) is 0 Å². The summed E-state index contributed by atoms with van der Waals surface area (Å²) in [6, 6.07) is -1.11. The van der Waals surface area contributed by atoms with E-state index in [1.54, 1.807) is 0 Å². The molecule has 2 rings (SSSR count). The van der Waals surface area contributed by atoms with Gasteiger partial charge in [0.1, 0.15) is 11.2 Å². The zero-order valence-corrected chi connectivity index (χ0v) is 11.7. The van der Waals surface area contributed by atoms with Crippen molar-refractivity contribution in [2.24, 2.45) is 7.05 Å². The van der Waals surface area contributed by atoms with Crippen molar-refractivity contribution in [2.75, 3.05) is 7.05 Å². The second kappa shape index (κ2) is 4.58. The lowest BCUT2D eigenvalue weighted by atomic mass is 10.3. The topological polar surface area (TPSA) is 101 Å². The van der Waals surface area contributed by atoms with Crippen molar-refractivity contribution in [1.82, 2.24) is 19.2 Å². The number of imide groups is 1. The van der Waals surface area contributed by atoms with Gasteiger partial charge in [0.2, 0.25) is 16.8 Å². The van der Waals surface area contributed by atoms with Crippen molar-refractivity contribution in [2.45, 2.75) is 17.5 Å². The minimum absolute atomic E-state index is 0.0716. The van der Waals surface area contributed by atoms with Gasteiger partial charge in [-0.25, -0.2) is 13.4 Å². The number of carbonyl (C=O) groups excluding carboxylic acids is 2. The molecule has 10 heteroatoms. The monoisotopic (exact) mass is 306 g/mol. The van der Waals surface area contributed by atoms with Gasteiger partial charge in [0.15, 0.2) is 0 Å². The van der Waals surface area contributed by atoms with Crippen molar-refractivity contribution in [3.63, 3.8) is 0 Å². The van der Waals surface area contributed by atoms with Crippen LogP contribution in [0, 0.1) is 0 Å². The van der Waals surface area contributed by atoms with E-state index in [2.05, 4.69) is 9.71 Å². The van der Waals surface area contributed by atoms with Gasteiger partial charge in [-0.3, -0.25) is 14.5 Å². The van der Waals surface area contributed by atoms with Crippen molar-refractivity contribution >= 4 is 33.4 Å². The van der Waals surface area contributed by atoms with E-state index in [4.69, 9.17) is 11.6 Å². The van der Waals surface area contributed by atoms with Gasteiger partial charge < -0.3 is 4.57 Å². The van der Waals surface area contributed by atoms with Crippen LogP contribution < -0.4 is 4.72 Å². The zero-order valence-electron chi connectivity index (χ0n) is 10.1. The number of aryl methyl sites for hydroxylation is 1. The summed E-state index contributed by atoms with van der Waals surface area (Å²) < 4.78 is 27.5. The third-order valence-electron chi connectivity index (χ3n) is 2.77. The maximum atomic E-state index is 12.0. The summed E-state index contributed by atoms with van der Waals surface area (Å²) in [7, 11) is -1.21. The Hall–Kier alpha value is -1.45. The molecule has 1 aromatic rings. The molecule has 1 unspecified atom stereocenters. The summed E-state index contributed by atoms with van der Waals surface area (Å²) in [4.78, 5) is 27.5. The van der Waals surface area contributed by atoms with Crippen molar-refractivity contribution in [3.05, 3.63) is 11.5 Å². The lowest BCUT2D eigenvalue weighted by Crippen LogP contribution is -2.40. The summed E-state index contributed by atoms with van der Waals surface area (Å²) >= 11 is 5.79. The Morgan fingerprint density at radius 3 is 2.47 bits per heavy atom. The molecule has 2 amide bonds. The molecular formula is C9H11ClN4O4S. The molecule has 1 aliphatic heterocycles. The number of rotatable bonds is 3. The van der Waals surface area contributed by atoms with Gasteiger partial charge in [-0.2, -0.15) is 4.72 Å². The van der Waals surface area contributed by atoms with Gasteiger partial charge in [-0.15, -0.1) is 0 Å². The number of hydrogen-bond donors (Lipinski definition) is 1. The number of likely N-dealkylation sites (N-methyl/N-ethyl adjacent to an activating group) is 1. The van der Waals surface area contributed by atoms with E-state index in [1.165, 1.54) is 25.0 Å². The summed E-state index contributed by atoms with van der Waals surface area (Å²) in [5, 5.41) is -0.441. The predicted octanol–water partition coefficient (Wildman–Crippen LogP) is -0.891. The number of halogens is 1. The Bertz CT molecular complexity index is 653. The van der Waals surface area contributed by atoms with Crippen LogP contribution in [0.3, 0.4) is 0 Å². The van der Waals surface area contributed by atoms with Gasteiger partial charge in [0, 0.05) is 14.1 Å². The molecular weight excluding hydrogens is 296 g/mol. The van der Waals surface area contributed by atoms with Gasteiger partial charge in [0.05, 0.1) is 12.7 Å². The average molecular weight is 307 g/mol. The minimum Gasteiger partial charge on any atom is -0.324 e. The van der Waals surface area contributed by atoms with Crippen LogP contribution in [-0.2, 0) is 26.7 Å². The van der Waals surface area contributed by atoms with E-state index in [1.807, 2.05) is 0 Å². The van der Waals surface area contributed by atoms with Crippen LogP contribution in [0.15, 0.2) is 11.4 Å². The Labute approximate surface area is 114 Å². The van der Waals surface area contributed by atoms with Gasteiger partial charge in [-0.05, 0) is 0 Å². The number of sulfonamides is 1. The summed E-state index contributed by atoms with van der Waals surface area (Å²) in [6.45, 7) is 0. The molecule has 1 N–H and O–H groups in total. The Morgan fingerprint density at radius 1 is 1.42 bits per heavy atom. The molecule has 0 bridgehead atoms. The fraction of sp³-hybridized carbons (Fsp3) is 0.444. The van der Waals surface area contributed by atoms with Crippen molar-refractivity contribution in [1.29, 1.82) is 0 Å². The van der Waals surface area contributed by atoms with Crippen molar-refractivity contribution < 1.29 is 18.0 Å². The van der Waals surface area contributed by atoms with E-state index in [9.17, 15) is 18.0 Å².